The van der Waals surface area contributed by atoms with Gasteiger partial charge in [0.1, 0.15) is 6.54 Å². The number of benzene rings is 1. The zero-order valence-electron chi connectivity index (χ0n) is 19.0. The van der Waals surface area contributed by atoms with E-state index in [0.29, 0.717) is 9.59 Å². The molecule has 0 aliphatic rings. The van der Waals surface area contributed by atoms with Crippen LogP contribution < -0.4 is 17.2 Å². The number of rotatable bonds is 8. The van der Waals surface area contributed by atoms with Crippen LogP contribution in [0.15, 0.2) is 47.5 Å². The molecule has 0 saturated heterocycles. The summed E-state index contributed by atoms with van der Waals surface area (Å²) in [6, 6.07) is 7.02. The molecule has 0 saturated carbocycles. The molecule has 5 N–H and O–H groups in total. The molecule has 4 rings (SSSR count). The van der Waals surface area contributed by atoms with Crippen molar-refractivity contribution in [2.45, 2.75) is 25.4 Å². The second-order valence-electron chi connectivity index (χ2n) is 7.82. The predicted octanol–water partition coefficient (Wildman–Crippen LogP) is 0.510. The Morgan fingerprint density at radius 3 is 2.37 bits per heavy atom. The van der Waals surface area contributed by atoms with Crippen LogP contribution in [0.25, 0.3) is 17.1 Å². The van der Waals surface area contributed by atoms with E-state index in [1.54, 1.807) is 0 Å². The fourth-order valence-electron chi connectivity index (χ4n) is 3.44. The molecule has 1 aromatic carbocycles. The Labute approximate surface area is 215 Å². The van der Waals surface area contributed by atoms with Crippen molar-refractivity contribution in [3.05, 3.63) is 75.4 Å². The van der Waals surface area contributed by atoms with E-state index in [0.717, 1.165) is 9.36 Å². The van der Waals surface area contributed by atoms with Crippen LogP contribution in [0.3, 0.4) is 0 Å². The molecular formula is C21H17ClF3N9O4. The maximum atomic E-state index is 13.1. The molecule has 1 unspecified atom stereocenters. The zero-order valence-corrected chi connectivity index (χ0v) is 19.8. The Morgan fingerprint density at radius 1 is 1.08 bits per heavy atom. The molecule has 198 valence electrons. The number of aliphatic hydroxyl groups excluding tert-OH is 1. The molecule has 0 fully saturated rings. The molecular weight excluding hydrogens is 535 g/mol. The molecule has 0 spiro atoms. The van der Waals surface area contributed by atoms with Crippen LogP contribution in [-0.4, -0.2) is 63.3 Å². The molecule has 2 amide bonds. The number of carbonyl (C=O) groups excluding carboxylic acids is 2. The van der Waals surface area contributed by atoms with Crippen molar-refractivity contribution < 1.29 is 27.9 Å². The van der Waals surface area contributed by atoms with Crippen LogP contribution in [0.2, 0.25) is 5.02 Å². The normalized spacial score (nSPS) is 12.4. The summed E-state index contributed by atoms with van der Waals surface area (Å²) < 4.78 is 41.5. The van der Waals surface area contributed by atoms with Crippen molar-refractivity contribution in [3.8, 4) is 17.1 Å². The average Bonchev–Trinajstić information content (AvgIpc) is 3.41. The second kappa shape index (κ2) is 10.1. The molecule has 1 atom stereocenters. The van der Waals surface area contributed by atoms with Crippen molar-refractivity contribution in [2.75, 3.05) is 0 Å². The molecule has 3 heterocycles. The van der Waals surface area contributed by atoms with E-state index < -0.39 is 48.7 Å². The maximum Gasteiger partial charge on any atom is 0.416 e. The minimum absolute atomic E-state index is 0.0272. The Bertz CT molecular complexity index is 1580. The lowest BCUT2D eigenvalue weighted by Gasteiger charge is -2.15. The number of halogens is 4. The van der Waals surface area contributed by atoms with Crippen LogP contribution in [-0.2, 0) is 13.1 Å². The molecule has 0 aliphatic heterocycles. The minimum Gasteiger partial charge on any atom is -0.382 e. The number of hydrogen-bond donors (Lipinski definition) is 3. The fraction of sp³-hybridized carbons (Fsp3) is 0.190. The summed E-state index contributed by atoms with van der Waals surface area (Å²) in [6.45, 7) is -1.67. The summed E-state index contributed by atoms with van der Waals surface area (Å²) in [5.41, 5.74) is 9.88. The Morgan fingerprint density at radius 2 is 1.76 bits per heavy atom. The highest BCUT2D eigenvalue weighted by Gasteiger charge is 2.39. The number of primary amides is 2. The van der Waals surface area contributed by atoms with E-state index in [-0.39, 0.29) is 28.5 Å². The number of hydrogen-bond acceptors (Lipinski definition) is 8. The molecule has 3 aromatic heterocycles. The fourth-order valence-corrected chi connectivity index (χ4v) is 3.57. The van der Waals surface area contributed by atoms with Gasteiger partial charge in [0.05, 0.1) is 24.0 Å². The summed E-state index contributed by atoms with van der Waals surface area (Å²) in [4.78, 5) is 44.8. The summed E-state index contributed by atoms with van der Waals surface area (Å²) in [5, 5.41) is 18.1. The third kappa shape index (κ3) is 5.25. The molecule has 0 radical (unpaired) electrons. The summed E-state index contributed by atoms with van der Waals surface area (Å²) in [7, 11) is 0. The minimum atomic E-state index is -5.00. The van der Waals surface area contributed by atoms with Crippen molar-refractivity contribution in [3.63, 3.8) is 0 Å². The predicted molar refractivity (Wildman–Crippen MR) is 124 cm³/mol. The lowest BCUT2D eigenvalue weighted by atomic mass is 10.2. The number of pyridine rings is 1. The third-order valence-electron chi connectivity index (χ3n) is 5.21. The van der Waals surface area contributed by atoms with Crippen LogP contribution >= 0.6 is 11.6 Å². The number of carbonyl (C=O) groups is 2. The van der Waals surface area contributed by atoms with Gasteiger partial charge in [0.25, 0.3) is 11.8 Å². The zero-order chi connectivity index (χ0) is 27.8. The van der Waals surface area contributed by atoms with E-state index >= 15 is 0 Å². The Hall–Kier alpha value is -4.57. The highest BCUT2D eigenvalue weighted by molar-refractivity contribution is 6.30. The van der Waals surface area contributed by atoms with E-state index in [9.17, 15) is 32.7 Å². The molecule has 13 nitrogen and oxygen atoms in total. The summed E-state index contributed by atoms with van der Waals surface area (Å²) in [6.07, 6.45) is -5.40. The van der Waals surface area contributed by atoms with Gasteiger partial charge in [-0.05, 0) is 30.3 Å². The average molecular weight is 552 g/mol. The number of nitrogens with zero attached hydrogens (tertiary/aromatic N) is 7. The number of aromatic nitrogens is 7. The van der Waals surface area contributed by atoms with Crippen molar-refractivity contribution in [2.24, 2.45) is 11.5 Å². The maximum absolute atomic E-state index is 13.1. The largest absolute Gasteiger partial charge is 0.416 e. The van der Waals surface area contributed by atoms with Gasteiger partial charge in [-0.3, -0.25) is 19.1 Å². The first-order valence-electron chi connectivity index (χ1n) is 10.5. The SMILES string of the molecule is NC(=O)c1ccncc1-n1nc(Cn2nc(-c3ccc(Cl)cc3)n(CC(O)C(F)(F)F)c2=O)nc1C(N)=O. The van der Waals surface area contributed by atoms with Gasteiger partial charge in [0.15, 0.2) is 17.8 Å². The lowest BCUT2D eigenvalue weighted by molar-refractivity contribution is -0.207. The van der Waals surface area contributed by atoms with E-state index in [2.05, 4.69) is 20.2 Å². The van der Waals surface area contributed by atoms with Gasteiger partial charge in [0, 0.05) is 16.8 Å². The van der Waals surface area contributed by atoms with Gasteiger partial charge in [-0.2, -0.15) is 13.2 Å². The Balaban J connectivity index is 1.80. The number of amides is 2. The van der Waals surface area contributed by atoms with Crippen molar-refractivity contribution >= 4 is 23.4 Å². The monoisotopic (exact) mass is 551 g/mol. The lowest BCUT2D eigenvalue weighted by Crippen LogP contribution is -2.37. The molecule has 0 bridgehead atoms. The highest BCUT2D eigenvalue weighted by Crippen LogP contribution is 2.24. The van der Waals surface area contributed by atoms with Gasteiger partial charge in [0.2, 0.25) is 5.82 Å². The van der Waals surface area contributed by atoms with Crippen LogP contribution in [0, 0.1) is 0 Å². The number of aliphatic hydroxyl groups is 1. The van der Waals surface area contributed by atoms with Gasteiger partial charge in [-0.15, -0.1) is 10.2 Å². The number of nitrogens with two attached hydrogens (primary N) is 2. The highest BCUT2D eigenvalue weighted by atomic mass is 35.5. The Kier molecular flexibility index (Phi) is 7.01. The molecule has 17 heteroatoms. The molecule has 0 aliphatic carbocycles. The second-order valence-corrected chi connectivity index (χ2v) is 8.26. The van der Waals surface area contributed by atoms with E-state index in [1.165, 1.54) is 42.7 Å². The van der Waals surface area contributed by atoms with Crippen molar-refractivity contribution in [1.29, 1.82) is 0 Å². The molecule has 4 aromatic rings. The molecule has 38 heavy (non-hydrogen) atoms. The quantitative estimate of drug-likeness (QED) is 0.282. The van der Waals surface area contributed by atoms with E-state index in [4.69, 9.17) is 23.1 Å². The van der Waals surface area contributed by atoms with Crippen LogP contribution in [0.1, 0.15) is 26.8 Å². The standard InChI is InChI=1S/C21H17ClF3N9O4/c22-11-3-1-10(2-4-11)18-31-33(20(38)32(18)8-14(35)21(23,24)25)9-15-29-19(17(27)37)34(30-15)13-7-28-6-5-12(13)16(26)36/h1-7,14,35H,8-9H2,(H2,26,36)(H2,27,37). The third-order valence-corrected chi connectivity index (χ3v) is 5.47. The van der Waals surface area contributed by atoms with Gasteiger partial charge in [-0.1, -0.05) is 11.6 Å². The smallest absolute Gasteiger partial charge is 0.382 e. The van der Waals surface area contributed by atoms with Crippen molar-refractivity contribution in [1.82, 2.24) is 34.1 Å². The topological polar surface area (TPSA) is 190 Å². The first-order valence-corrected chi connectivity index (χ1v) is 10.9. The van der Waals surface area contributed by atoms with Crippen LogP contribution in [0.5, 0.6) is 0 Å². The first-order chi connectivity index (χ1) is 17.9. The summed E-state index contributed by atoms with van der Waals surface area (Å²) in [5.74, 6) is -2.75. The number of alkyl halides is 3. The summed E-state index contributed by atoms with van der Waals surface area (Å²) >= 11 is 5.88. The van der Waals surface area contributed by atoms with Gasteiger partial charge >= 0.3 is 11.9 Å². The van der Waals surface area contributed by atoms with Gasteiger partial charge in [-0.25, -0.2) is 19.1 Å². The van der Waals surface area contributed by atoms with Gasteiger partial charge < -0.3 is 16.6 Å². The first kappa shape index (κ1) is 26.5. The van der Waals surface area contributed by atoms with Crippen LogP contribution in [0.4, 0.5) is 13.2 Å². The van der Waals surface area contributed by atoms with E-state index in [1.807, 2.05) is 0 Å².